The number of nitrogens with zero attached hydrogens (tertiary/aromatic N) is 2. The molecule has 0 atom stereocenters. The number of nitrogens with one attached hydrogen (secondary N) is 2. The van der Waals surface area contributed by atoms with Gasteiger partial charge in [-0.15, -0.1) is 11.3 Å². The van der Waals surface area contributed by atoms with Crippen LogP contribution in [0, 0.1) is 5.82 Å². The molecule has 0 aliphatic heterocycles. The highest BCUT2D eigenvalue weighted by Crippen LogP contribution is 2.32. The Morgan fingerprint density at radius 3 is 3.00 bits per heavy atom. The van der Waals surface area contributed by atoms with Crippen LogP contribution in [-0.2, 0) is 6.54 Å². The second-order valence-electron chi connectivity index (χ2n) is 5.71. The van der Waals surface area contributed by atoms with E-state index in [-0.39, 0.29) is 5.82 Å². The van der Waals surface area contributed by atoms with E-state index in [1.807, 2.05) is 35.8 Å². The van der Waals surface area contributed by atoms with Gasteiger partial charge in [0, 0.05) is 29.7 Å². The van der Waals surface area contributed by atoms with Crippen molar-refractivity contribution in [3.05, 3.63) is 76.1 Å². The zero-order valence-electron chi connectivity index (χ0n) is 13.9. The Kier molecular flexibility index (Phi) is 5.42. The monoisotopic (exact) mass is 416 g/mol. The fourth-order valence-corrected chi connectivity index (χ4v) is 4.15. The summed E-state index contributed by atoms with van der Waals surface area (Å²) in [5.41, 5.74) is 3.33. The van der Waals surface area contributed by atoms with Crippen LogP contribution in [0.1, 0.15) is 5.56 Å². The Balaban J connectivity index is 1.49. The molecule has 0 bridgehead atoms. The quantitative estimate of drug-likeness (QED) is 0.365. The summed E-state index contributed by atoms with van der Waals surface area (Å²) >= 11 is 8.96. The van der Waals surface area contributed by atoms with Gasteiger partial charge in [0.25, 0.3) is 0 Å². The minimum atomic E-state index is -0.353. The van der Waals surface area contributed by atoms with Gasteiger partial charge in [-0.25, -0.2) is 9.37 Å². The molecule has 8 heteroatoms. The van der Waals surface area contributed by atoms with Crippen molar-refractivity contribution in [1.82, 2.24) is 9.97 Å². The van der Waals surface area contributed by atoms with Crippen LogP contribution in [0.5, 0.6) is 0 Å². The molecule has 2 heterocycles. The summed E-state index contributed by atoms with van der Waals surface area (Å²) in [4.78, 5) is 8.70. The van der Waals surface area contributed by atoms with E-state index in [0.717, 1.165) is 28.3 Å². The van der Waals surface area contributed by atoms with Crippen molar-refractivity contribution in [3.63, 3.8) is 0 Å². The van der Waals surface area contributed by atoms with Crippen LogP contribution >= 0.6 is 34.9 Å². The van der Waals surface area contributed by atoms with Crippen LogP contribution in [-0.4, -0.2) is 9.97 Å². The second-order valence-corrected chi connectivity index (χ2v) is 7.68. The lowest BCUT2D eigenvalue weighted by atomic mass is 10.1. The molecular weight excluding hydrogens is 403 g/mol. The summed E-state index contributed by atoms with van der Waals surface area (Å²) < 4.78 is 17.4. The summed E-state index contributed by atoms with van der Waals surface area (Å²) in [6.45, 7) is 0.520. The summed E-state index contributed by atoms with van der Waals surface area (Å²) in [5.74, 6) is 0.335. The highest BCUT2D eigenvalue weighted by atomic mass is 35.5. The maximum Gasteiger partial charge on any atom is 0.147 e. The topological polar surface area (TPSA) is 49.8 Å². The van der Waals surface area contributed by atoms with Crippen LogP contribution in [0.3, 0.4) is 0 Å². The Labute approximate surface area is 168 Å². The smallest absolute Gasteiger partial charge is 0.147 e. The molecule has 4 rings (SSSR count). The lowest BCUT2D eigenvalue weighted by Crippen LogP contribution is -2.02. The van der Waals surface area contributed by atoms with Crippen molar-refractivity contribution in [2.75, 3.05) is 10.0 Å². The van der Waals surface area contributed by atoms with Gasteiger partial charge in [-0.3, -0.25) is 4.98 Å². The average molecular weight is 417 g/mol. The summed E-state index contributed by atoms with van der Waals surface area (Å²) in [6.07, 6.45) is 3.60. The van der Waals surface area contributed by atoms with Gasteiger partial charge in [0.1, 0.15) is 11.6 Å². The third-order valence-electron chi connectivity index (χ3n) is 3.96. The molecule has 4 aromatic rings. The van der Waals surface area contributed by atoms with Gasteiger partial charge in [0.15, 0.2) is 0 Å². The molecule has 4 nitrogen and oxygen atoms in total. The molecule has 2 aromatic carbocycles. The molecule has 27 heavy (non-hydrogen) atoms. The van der Waals surface area contributed by atoms with Gasteiger partial charge >= 0.3 is 0 Å². The Hall–Kier alpha value is -2.35. The largest absolute Gasteiger partial charge is 0.380 e. The summed E-state index contributed by atoms with van der Waals surface area (Å²) in [7, 11) is 0. The fourth-order valence-electron chi connectivity index (χ4n) is 2.63. The molecule has 0 unspecified atom stereocenters. The summed E-state index contributed by atoms with van der Waals surface area (Å²) in [5, 5.41) is 7.70. The average Bonchev–Trinajstić information content (AvgIpc) is 3.21. The molecule has 2 N–H and O–H groups in total. The number of fused-ring (bicyclic) bond motifs is 1. The van der Waals surface area contributed by atoms with E-state index in [2.05, 4.69) is 20.0 Å². The molecule has 0 fully saturated rings. The van der Waals surface area contributed by atoms with Crippen molar-refractivity contribution in [3.8, 4) is 0 Å². The summed E-state index contributed by atoms with van der Waals surface area (Å²) in [6, 6.07) is 11.0. The van der Waals surface area contributed by atoms with E-state index < -0.39 is 0 Å². The van der Waals surface area contributed by atoms with Crippen molar-refractivity contribution in [2.45, 2.75) is 11.4 Å². The van der Waals surface area contributed by atoms with Crippen LogP contribution in [0.2, 0.25) is 5.02 Å². The first-order valence-corrected chi connectivity index (χ1v) is 10.2. The minimum Gasteiger partial charge on any atom is -0.380 e. The number of thiazole rings is 1. The molecule has 0 aliphatic carbocycles. The number of hydrogen-bond donors (Lipinski definition) is 2. The molecule has 2 aromatic heterocycles. The third-order valence-corrected chi connectivity index (χ3v) is 5.71. The Morgan fingerprint density at radius 2 is 2.15 bits per heavy atom. The number of benzene rings is 2. The van der Waals surface area contributed by atoms with E-state index in [4.69, 9.17) is 11.6 Å². The Morgan fingerprint density at radius 1 is 1.22 bits per heavy atom. The van der Waals surface area contributed by atoms with Crippen molar-refractivity contribution >= 4 is 57.2 Å². The minimum absolute atomic E-state index is 0.353. The molecular formula is C19H14ClFN4S2. The maximum atomic E-state index is 14.5. The Bertz CT molecular complexity index is 1070. The van der Waals surface area contributed by atoms with Gasteiger partial charge in [0.05, 0.1) is 21.1 Å². The highest BCUT2D eigenvalue weighted by molar-refractivity contribution is 8.00. The van der Waals surface area contributed by atoms with E-state index in [1.165, 1.54) is 17.4 Å². The lowest BCUT2D eigenvalue weighted by molar-refractivity contribution is 0.602. The van der Waals surface area contributed by atoms with Crippen molar-refractivity contribution in [2.24, 2.45) is 0 Å². The number of hydrogen-bond acceptors (Lipinski definition) is 6. The predicted molar refractivity (Wildman–Crippen MR) is 112 cm³/mol. The zero-order chi connectivity index (χ0) is 18.6. The number of pyridine rings is 1. The predicted octanol–water partition coefficient (Wildman–Crippen LogP) is 6.22. The van der Waals surface area contributed by atoms with E-state index in [9.17, 15) is 4.39 Å². The molecule has 0 spiro atoms. The van der Waals surface area contributed by atoms with Crippen molar-refractivity contribution < 1.29 is 4.39 Å². The number of rotatable bonds is 6. The van der Waals surface area contributed by atoms with E-state index >= 15 is 0 Å². The second kappa shape index (κ2) is 8.12. The number of aromatic nitrogens is 2. The maximum absolute atomic E-state index is 14.5. The first kappa shape index (κ1) is 18.0. The number of anilines is 2. The SMILES string of the molecule is Fc1cc(NCc2cccc3ccncc23)c(Cl)cc1SNc1cscn1. The van der Waals surface area contributed by atoms with Gasteiger partial charge in [-0.1, -0.05) is 29.8 Å². The molecule has 136 valence electrons. The molecule has 0 amide bonds. The normalized spacial score (nSPS) is 10.9. The van der Waals surface area contributed by atoms with Crippen LogP contribution in [0.25, 0.3) is 10.8 Å². The first-order valence-electron chi connectivity index (χ1n) is 8.06. The van der Waals surface area contributed by atoms with Gasteiger partial charge in [-0.05, 0) is 41.1 Å². The molecule has 0 saturated carbocycles. The van der Waals surface area contributed by atoms with Crippen LogP contribution in [0.15, 0.2) is 64.6 Å². The molecule has 0 aliphatic rings. The molecule has 0 saturated heterocycles. The van der Waals surface area contributed by atoms with Crippen molar-refractivity contribution in [1.29, 1.82) is 0 Å². The molecule has 0 radical (unpaired) electrons. The van der Waals surface area contributed by atoms with Gasteiger partial charge in [0.2, 0.25) is 0 Å². The van der Waals surface area contributed by atoms with Crippen LogP contribution < -0.4 is 10.0 Å². The third kappa shape index (κ3) is 4.16. The first-order chi connectivity index (χ1) is 13.2. The zero-order valence-corrected chi connectivity index (χ0v) is 16.3. The standard InChI is InChI=1S/C19H14ClFN4S2/c20-15-6-18(27-25-19-10-26-11-24-19)16(21)7-17(15)23-8-13-3-1-2-12-4-5-22-9-14(12)13/h1-7,9-11,23,25H,8H2. The van der Waals surface area contributed by atoms with E-state index in [1.54, 1.807) is 17.8 Å². The van der Waals surface area contributed by atoms with Gasteiger partial charge in [-0.2, -0.15) is 0 Å². The highest BCUT2D eigenvalue weighted by Gasteiger charge is 2.11. The lowest BCUT2D eigenvalue weighted by Gasteiger charge is -2.12. The number of halogens is 2. The van der Waals surface area contributed by atoms with Crippen LogP contribution in [0.4, 0.5) is 15.9 Å². The van der Waals surface area contributed by atoms with Gasteiger partial charge < -0.3 is 10.0 Å². The van der Waals surface area contributed by atoms with E-state index in [0.29, 0.717) is 28.0 Å². The fraction of sp³-hybridized carbons (Fsp3) is 0.0526.